The van der Waals surface area contributed by atoms with Crippen LogP contribution in [0.25, 0.3) is 0 Å². The average Bonchev–Trinajstić information content (AvgIpc) is 2.97. The summed E-state index contributed by atoms with van der Waals surface area (Å²) in [5.41, 5.74) is 0.436. The van der Waals surface area contributed by atoms with E-state index in [0.717, 1.165) is 5.56 Å². The first-order valence-electron chi connectivity index (χ1n) is 7.64. The molecule has 7 heteroatoms. The Morgan fingerprint density at radius 1 is 1.38 bits per heavy atom. The summed E-state index contributed by atoms with van der Waals surface area (Å²) in [6.45, 7) is 4.95. The molecule has 1 amide bonds. The van der Waals surface area contributed by atoms with E-state index in [4.69, 9.17) is 4.74 Å². The Kier molecular flexibility index (Phi) is 4.38. The molecule has 6 nitrogen and oxygen atoms in total. The molecule has 1 fully saturated rings. The van der Waals surface area contributed by atoms with Crippen molar-refractivity contribution >= 4 is 22.9 Å². The van der Waals surface area contributed by atoms with E-state index in [1.807, 2.05) is 37.3 Å². The highest BCUT2D eigenvalue weighted by Gasteiger charge is 2.36. The molecule has 1 aromatic carbocycles. The van der Waals surface area contributed by atoms with Gasteiger partial charge in [0, 0.05) is 12.6 Å². The van der Waals surface area contributed by atoms with Gasteiger partial charge in [-0.25, -0.2) is 0 Å². The van der Waals surface area contributed by atoms with Crippen LogP contribution in [0, 0.1) is 17.0 Å². The predicted octanol–water partition coefficient (Wildman–Crippen LogP) is 3.35. The third-order valence-corrected chi connectivity index (χ3v) is 5.27. The van der Waals surface area contributed by atoms with Crippen molar-refractivity contribution in [2.45, 2.75) is 19.4 Å². The van der Waals surface area contributed by atoms with E-state index in [1.165, 1.54) is 17.4 Å². The zero-order chi connectivity index (χ0) is 17.3. The number of ether oxygens (including phenoxy) is 1. The molecule has 24 heavy (non-hydrogen) atoms. The first-order chi connectivity index (χ1) is 11.4. The number of thiophene rings is 1. The van der Waals surface area contributed by atoms with Crippen LogP contribution in [0.2, 0.25) is 0 Å². The highest BCUT2D eigenvalue weighted by atomic mass is 32.1. The number of hydrogen-bond donors (Lipinski definition) is 0. The van der Waals surface area contributed by atoms with E-state index >= 15 is 0 Å². The molecule has 1 aromatic heterocycles. The molecular weight excluding hydrogens is 328 g/mol. The smallest absolute Gasteiger partial charge is 0.283 e. The van der Waals surface area contributed by atoms with Gasteiger partial charge < -0.3 is 9.64 Å². The molecule has 0 bridgehead atoms. The van der Waals surface area contributed by atoms with Gasteiger partial charge in [-0.05, 0) is 19.4 Å². The van der Waals surface area contributed by atoms with Gasteiger partial charge in [0.2, 0.25) is 0 Å². The molecule has 0 N–H and O–H groups in total. The van der Waals surface area contributed by atoms with Crippen molar-refractivity contribution in [3.63, 3.8) is 0 Å². The second-order valence-corrected chi connectivity index (χ2v) is 7.24. The van der Waals surface area contributed by atoms with E-state index < -0.39 is 10.5 Å². The molecule has 1 saturated heterocycles. The van der Waals surface area contributed by atoms with Gasteiger partial charge in [0.05, 0.1) is 27.8 Å². The lowest BCUT2D eigenvalue weighted by molar-refractivity contribution is -0.385. The lowest BCUT2D eigenvalue weighted by atomic mass is 9.94. The minimum Gasteiger partial charge on any atom is -0.367 e. The number of nitro groups is 1. The summed E-state index contributed by atoms with van der Waals surface area (Å²) in [6, 6.07) is 11.2. The molecule has 2 aromatic rings. The maximum absolute atomic E-state index is 12.8. The van der Waals surface area contributed by atoms with Crippen LogP contribution in [0.15, 0.2) is 36.4 Å². The molecule has 0 saturated carbocycles. The van der Waals surface area contributed by atoms with Gasteiger partial charge in [0.25, 0.3) is 11.6 Å². The molecule has 3 rings (SSSR count). The second kappa shape index (κ2) is 6.33. The summed E-state index contributed by atoms with van der Waals surface area (Å²) >= 11 is 1.17. The van der Waals surface area contributed by atoms with E-state index in [0.29, 0.717) is 29.5 Å². The Morgan fingerprint density at radius 3 is 2.71 bits per heavy atom. The highest BCUT2D eigenvalue weighted by Crippen LogP contribution is 2.33. The van der Waals surface area contributed by atoms with Crippen LogP contribution in [0.3, 0.4) is 0 Å². The van der Waals surface area contributed by atoms with Crippen LogP contribution in [0.5, 0.6) is 0 Å². The molecule has 1 atom stereocenters. The third-order valence-electron chi connectivity index (χ3n) is 4.25. The van der Waals surface area contributed by atoms with Gasteiger partial charge in [-0.15, -0.1) is 11.3 Å². The topological polar surface area (TPSA) is 72.7 Å². The number of amides is 1. The number of rotatable bonds is 3. The Bertz CT molecular complexity index is 774. The predicted molar refractivity (Wildman–Crippen MR) is 91.4 cm³/mol. The highest BCUT2D eigenvalue weighted by molar-refractivity contribution is 7.14. The first-order valence-corrected chi connectivity index (χ1v) is 8.46. The Balaban J connectivity index is 1.83. The van der Waals surface area contributed by atoms with Crippen LogP contribution >= 0.6 is 11.3 Å². The van der Waals surface area contributed by atoms with Gasteiger partial charge in [-0.3, -0.25) is 14.9 Å². The first kappa shape index (κ1) is 16.6. The largest absolute Gasteiger partial charge is 0.367 e. The summed E-state index contributed by atoms with van der Waals surface area (Å²) in [6.07, 6.45) is 0. The number of benzene rings is 1. The van der Waals surface area contributed by atoms with E-state index in [9.17, 15) is 14.9 Å². The molecule has 0 radical (unpaired) electrons. The second-order valence-electron chi connectivity index (χ2n) is 5.98. The van der Waals surface area contributed by atoms with Gasteiger partial charge in [-0.1, -0.05) is 30.3 Å². The summed E-state index contributed by atoms with van der Waals surface area (Å²) in [4.78, 5) is 26.0. The standard InChI is InChI=1S/C17H18N2O4S/c1-12-14(19(21)22)10-15(24-12)16(20)18-8-9-23-17(2,11-18)13-6-4-3-5-7-13/h3-7,10H,8-9,11H2,1-2H3. The van der Waals surface area contributed by atoms with Crippen LogP contribution in [-0.2, 0) is 10.3 Å². The van der Waals surface area contributed by atoms with E-state index in [2.05, 4.69) is 0 Å². The molecule has 2 heterocycles. The van der Waals surface area contributed by atoms with Crippen molar-refractivity contribution in [2.75, 3.05) is 19.7 Å². The van der Waals surface area contributed by atoms with Crippen LogP contribution in [0.1, 0.15) is 27.0 Å². The monoisotopic (exact) mass is 346 g/mol. The van der Waals surface area contributed by atoms with Crippen molar-refractivity contribution < 1.29 is 14.5 Å². The fraction of sp³-hybridized carbons (Fsp3) is 0.353. The molecule has 1 aliphatic heterocycles. The number of carbonyl (C=O) groups excluding carboxylic acids is 1. The number of morpholine rings is 1. The Labute approximate surface area is 143 Å². The summed E-state index contributed by atoms with van der Waals surface area (Å²) < 4.78 is 5.94. The van der Waals surface area contributed by atoms with Gasteiger partial charge >= 0.3 is 0 Å². The molecule has 126 valence electrons. The number of nitrogens with zero attached hydrogens (tertiary/aromatic N) is 2. The third kappa shape index (κ3) is 3.05. The zero-order valence-corrected chi connectivity index (χ0v) is 14.3. The van der Waals surface area contributed by atoms with Gasteiger partial charge in [-0.2, -0.15) is 0 Å². The van der Waals surface area contributed by atoms with Crippen LogP contribution in [-0.4, -0.2) is 35.4 Å². The number of carbonyl (C=O) groups is 1. The zero-order valence-electron chi connectivity index (χ0n) is 13.5. The fourth-order valence-corrected chi connectivity index (χ4v) is 3.88. The van der Waals surface area contributed by atoms with Crippen molar-refractivity contribution in [3.05, 3.63) is 61.8 Å². The molecule has 1 unspecified atom stereocenters. The van der Waals surface area contributed by atoms with Crippen molar-refractivity contribution in [1.82, 2.24) is 4.90 Å². The summed E-state index contributed by atoms with van der Waals surface area (Å²) in [5, 5.41) is 11.0. The number of aryl methyl sites for hydroxylation is 1. The fourth-order valence-electron chi connectivity index (χ4n) is 2.92. The van der Waals surface area contributed by atoms with Gasteiger partial charge in [0.1, 0.15) is 5.60 Å². The average molecular weight is 346 g/mol. The summed E-state index contributed by atoms with van der Waals surface area (Å²) in [7, 11) is 0. The van der Waals surface area contributed by atoms with Gasteiger partial charge in [0.15, 0.2) is 0 Å². The van der Waals surface area contributed by atoms with Crippen molar-refractivity contribution in [2.24, 2.45) is 0 Å². The molecule has 1 aliphatic rings. The lowest BCUT2D eigenvalue weighted by Gasteiger charge is -2.40. The maximum atomic E-state index is 12.8. The van der Waals surface area contributed by atoms with Crippen LogP contribution < -0.4 is 0 Å². The maximum Gasteiger partial charge on any atom is 0.283 e. The SMILES string of the molecule is Cc1sc(C(=O)N2CCOC(C)(c3ccccc3)C2)cc1[N+](=O)[O-]. The Hall–Kier alpha value is -2.25. The Morgan fingerprint density at radius 2 is 2.08 bits per heavy atom. The molecule has 0 aliphatic carbocycles. The quantitative estimate of drug-likeness (QED) is 0.631. The molecule has 0 spiro atoms. The minimum absolute atomic E-state index is 0.00225. The van der Waals surface area contributed by atoms with Crippen molar-refractivity contribution in [1.29, 1.82) is 0 Å². The lowest BCUT2D eigenvalue weighted by Crippen LogP contribution is -2.50. The van der Waals surface area contributed by atoms with E-state index in [1.54, 1.807) is 11.8 Å². The van der Waals surface area contributed by atoms with Crippen molar-refractivity contribution in [3.8, 4) is 0 Å². The molecular formula is C17H18N2O4S. The number of hydrogen-bond acceptors (Lipinski definition) is 5. The minimum atomic E-state index is -0.576. The summed E-state index contributed by atoms with van der Waals surface area (Å²) in [5.74, 6) is -0.179. The normalized spacial score (nSPS) is 20.8. The van der Waals surface area contributed by atoms with Crippen LogP contribution in [0.4, 0.5) is 5.69 Å². The van der Waals surface area contributed by atoms with E-state index in [-0.39, 0.29) is 11.6 Å².